The summed E-state index contributed by atoms with van der Waals surface area (Å²) in [4.78, 5) is 40.4. The van der Waals surface area contributed by atoms with Gasteiger partial charge in [-0.1, -0.05) is 108 Å². The van der Waals surface area contributed by atoms with E-state index in [1.807, 2.05) is 74.2 Å². The lowest BCUT2D eigenvalue weighted by atomic mass is 10.3. The molecule has 2 aromatic heterocycles. The highest BCUT2D eigenvalue weighted by molar-refractivity contribution is 8.56. The zero-order chi connectivity index (χ0) is 52.8. The van der Waals surface area contributed by atoms with E-state index in [1.54, 1.807) is 33.1 Å². The summed E-state index contributed by atoms with van der Waals surface area (Å²) in [5.41, 5.74) is 2.39. The molecular formula is C39H49Cl2N8O12P3S6. The van der Waals surface area contributed by atoms with Gasteiger partial charge in [-0.25, -0.2) is 22.9 Å². The maximum Gasteiger partial charge on any atom is 0.509 e. The van der Waals surface area contributed by atoms with Crippen LogP contribution in [0.15, 0.2) is 65.2 Å². The van der Waals surface area contributed by atoms with Gasteiger partial charge in [0.1, 0.15) is 51.0 Å². The van der Waals surface area contributed by atoms with E-state index in [2.05, 4.69) is 41.6 Å². The Labute approximate surface area is 446 Å². The monoisotopic (exact) mass is 1180 g/mol. The van der Waals surface area contributed by atoms with Crippen molar-refractivity contribution < 1.29 is 55.5 Å². The molecule has 0 aliphatic heterocycles. The van der Waals surface area contributed by atoms with Crippen LogP contribution in [-0.2, 0) is 60.5 Å². The van der Waals surface area contributed by atoms with Gasteiger partial charge in [0.15, 0.2) is 0 Å². The second kappa shape index (κ2) is 35.7. The second-order valence-electron chi connectivity index (χ2n) is 11.6. The molecule has 3 rings (SSSR count). The molecule has 1 unspecified atom stereocenters. The van der Waals surface area contributed by atoms with Crippen LogP contribution in [0.3, 0.4) is 0 Å². The van der Waals surface area contributed by atoms with E-state index in [9.17, 15) is 14.2 Å². The summed E-state index contributed by atoms with van der Waals surface area (Å²) in [7, 11) is 4.36. The Hall–Kier alpha value is -4.36. The number of thioether (sulfide) groups is 2. The van der Waals surface area contributed by atoms with Crippen molar-refractivity contribution in [2.24, 2.45) is 10.3 Å². The van der Waals surface area contributed by atoms with Crippen LogP contribution in [0.1, 0.15) is 33.8 Å². The molecule has 70 heavy (non-hydrogen) atoms. The third-order valence-electron chi connectivity index (χ3n) is 6.49. The minimum atomic E-state index is -3.35. The molecule has 0 bridgehead atoms. The molecule has 0 saturated carbocycles. The maximum atomic E-state index is 11.6. The molecular weight excluding hydrogens is 1130 g/mol. The van der Waals surface area contributed by atoms with Crippen LogP contribution >= 0.6 is 90.2 Å². The summed E-state index contributed by atoms with van der Waals surface area (Å²) in [5.74, 6) is -0.0545. The number of hydrogen-bond acceptors (Lipinski definition) is 23. The molecule has 0 spiro atoms. The number of oxime groups is 2. The van der Waals surface area contributed by atoms with Gasteiger partial charge in [0.05, 0.1) is 24.0 Å². The second-order valence-corrected chi connectivity index (χ2v) is 26.2. The van der Waals surface area contributed by atoms with Crippen LogP contribution in [-0.4, -0.2) is 96.8 Å². The summed E-state index contributed by atoms with van der Waals surface area (Å²) in [6, 6.07) is 10.8. The van der Waals surface area contributed by atoms with Crippen molar-refractivity contribution in [1.29, 1.82) is 0 Å². The lowest BCUT2D eigenvalue weighted by Gasteiger charge is -2.19. The summed E-state index contributed by atoms with van der Waals surface area (Å²) >= 11 is 26.5. The SMILES string of the molecule is C.C#COP(=S)(OC#C)Oc1nc(Cl)c(C)cc1Cl.C#COP(=S)(OC#C)Oc1ncn(-c2ccccc2)n1.C=C(C)CP(=O)(OC)SC.CS/C(C)=N/OC(=O)N(C)SN(C)C(=O)O/N=C(\C)SC. The zero-order valence-electron chi connectivity index (χ0n) is 38.3. The number of nitrogens with zero attached hydrogens (tertiary/aromatic N) is 8. The Morgan fingerprint density at radius 3 is 1.70 bits per heavy atom. The Kier molecular flexibility index (Phi) is 34.5. The molecule has 0 saturated heterocycles. The minimum absolute atomic E-state index is 0. The van der Waals surface area contributed by atoms with Crippen LogP contribution in [0.2, 0.25) is 10.2 Å². The molecule has 0 radical (unpaired) electrons. The molecule has 20 nitrogen and oxygen atoms in total. The number of aryl methyl sites for hydroxylation is 1. The first-order valence-electron chi connectivity index (χ1n) is 18.0. The molecule has 2 heterocycles. The van der Waals surface area contributed by atoms with Gasteiger partial charge in [0, 0.05) is 44.8 Å². The van der Waals surface area contributed by atoms with E-state index >= 15 is 0 Å². The number of halogens is 2. The third-order valence-corrected chi connectivity index (χ3v) is 17.2. The number of para-hydroxylation sites is 1. The van der Waals surface area contributed by atoms with Gasteiger partial charge in [-0.2, -0.15) is 9.97 Å². The number of carbonyl (C=O) groups excluding carboxylic acids is 2. The molecule has 0 fully saturated rings. The fraction of sp³-hybridized carbons (Fsp3) is 0.308. The van der Waals surface area contributed by atoms with E-state index in [1.165, 1.54) is 67.1 Å². The average Bonchev–Trinajstić information content (AvgIpc) is 3.77. The fourth-order valence-electron chi connectivity index (χ4n) is 3.36. The fourth-order valence-corrected chi connectivity index (χ4v) is 9.45. The molecule has 0 N–H and O–H groups in total. The Bertz CT molecular complexity index is 2490. The van der Waals surface area contributed by atoms with E-state index in [0.29, 0.717) is 21.8 Å². The number of hydrogen-bond donors (Lipinski definition) is 0. The molecule has 0 aliphatic rings. The Balaban J connectivity index is 0. The van der Waals surface area contributed by atoms with Crippen LogP contribution in [0.4, 0.5) is 9.59 Å². The first-order chi connectivity index (χ1) is 32.4. The highest BCUT2D eigenvalue weighted by Crippen LogP contribution is 2.58. The molecule has 3 aromatic rings. The predicted octanol–water partition coefficient (Wildman–Crippen LogP) is 12.1. The quantitative estimate of drug-likeness (QED) is 0.0142. The van der Waals surface area contributed by atoms with Gasteiger partial charge >= 0.3 is 31.6 Å². The van der Waals surface area contributed by atoms with E-state index < -0.39 is 32.2 Å². The van der Waals surface area contributed by atoms with Gasteiger partial charge in [0.25, 0.3) is 6.57 Å². The van der Waals surface area contributed by atoms with E-state index in [-0.39, 0.29) is 29.5 Å². The van der Waals surface area contributed by atoms with Crippen molar-refractivity contribution >= 4 is 136 Å². The molecule has 1 atom stereocenters. The topological polar surface area (TPSA) is 209 Å². The number of rotatable bonds is 17. The third kappa shape index (κ3) is 27.3. The van der Waals surface area contributed by atoms with Gasteiger partial charge in [0.2, 0.25) is 5.88 Å². The van der Waals surface area contributed by atoms with Crippen LogP contribution in [0.5, 0.6) is 11.9 Å². The summed E-state index contributed by atoms with van der Waals surface area (Å²) in [5, 5.41) is 12.9. The highest BCUT2D eigenvalue weighted by Gasteiger charge is 2.28. The largest absolute Gasteiger partial charge is 0.509 e. The van der Waals surface area contributed by atoms with Crippen molar-refractivity contribution in [3.8, 4) is 67.7 Å². The number of aromatic nitrogens is 4. The number of carbonyl (C=O) groups is 2. The van der Waals surface area contributed by atoms with Crippen LogP contribution in [0.25, 0.3) is 5.69 Å². The van der Waals surface area contributed by atoms with E-state index in [0.717, 1.165) is 32.0 Å². The number of allylic oxidation sites excluding steroid dienone is 1. The lowest BCUT2D eigenvalue weighted by Crippen LogP contribution is -2.28. The first-order valence-corrected chi connectivity index (χ1v) is 30.7. The van der Waals surface area contributed by atoms with Crippen molar-refractivity contribution in [2.45, 2.75) is 35.1 Å². The van der Waals surface area contributed by atoms with Gasteiger partial charge in [-0.05, 0) is 70.2 Å². The number of pyridine rings is 1. The lowest BCUT2D eigenvalue weighted by molar-refractivity contribution is 0.131. The van der Waals surface area contributed by atoms with Crippen LogP contribution < -0.4 is 9.05 Å². The summed E-state index contributed by atoms with van der Waals surface area (Å²) < 4.78 is 49.4. The number of benzene rings is 1. The van der Waals surface area contributed by atoms with Gasteiger partial charge in [-0.3, -0.25) is 14.2 Å². The maximum absolute atomic E-state index is 11.6. The predicted molar refractivity (Wildman–Crippen MR) is 294 cm³/mol. The molecule has 382 valence electrons. The van der Waals surface area contributed by atoms with Crippen molar-refractivity contribution in [3.05, 3.63) is 70.6 Å². The van der Waals surface area contributed by atoms with Crippen molar-refractivity contribution in [1.82, 2.24) is 28.4 Å². The van der Waals surface area contributed by atoms with Gasteiger partial charge in [-0.15, -0.1) is 28.6 Å². The van der Waals surface area contributed by atoms with Crippen molar-refractivity contribution in [2.75, 3.05) is 46.1 Å². The normalized spacial score (nSPS) is 11.4. The highest BCUT2D eigenvalue weighted by atomic mass is 35.5. The molecule has 31 heteroatoms. The van der Waals surface area contributed by atoms with Gasteiger partial charge < -0.3 is 31.7 Å². The average molecular weight is 1180 g/mol. The van der Waals surface area contributed by atoms with E-state index in [4.69, 9.17) is 104 Å². The van der Waals surface area contributed by atoms with Crippen LogP contribution in [0, 0.1) is 57.0 Å². The number of terminal acetylenes is 4. The molecule has 2 amide bonds. The molecule has 1 aromatic carbocycles. The standard InChI is InChI=1S/C12H8N3O3PS.C10H6Cl2NO3PS.C10H18N4O4S3.C6H13O2PS.CH4/c1-3-16-19(20,17-4-2)18-12-13-10-15(14-12)11-8-6-5-7-9-11;1-4-14-17(18,15-5-2)16-10-8(11)6-7(3)9(12)13-10;1-7(19-5)11-17-9(15)13(3)21-14(4)10(16)18-12-8(2)20-6;1-6(2)5-9(7,8-3)10-4;/h1-2,5-10H;1-2,6H,3H3;1-6H3;1,5H2,2-4H3;1H4/b;;11-7+,12-8+;;. The summed E-state index contributed by atoms with van der Waals surface area (Å²) in [6.07, 6.45) is 33.4. The molecule has 0 aliphatic carbocycles. The minimum Gasteiger partial charge on any atom is -0.386 e. The number of amides is 2. The Morgan fingerprint density at radius 1 is 0.857 bits per heavy atom. The zero-order valence-corrected chi connectivity index (χ0v) is 47.4. The Morgan fingerprint density at radius 2 is 1.31 bits per heavy atom. The first kappa shape index (κ1) is 67.7. The summed E-state index contributed by atoms with van der Waals surface area (Å²) in [6.45, 7) is 1.61. The van der Waals surface area contributed by atoms with Crippen molar-refractivity contribution in [3.63, 3.8) is 0 Å². The smallest absolute Gasteiger partial charge is 0.386 e.